The second-order valence-corrected chi connectivity index (χ2v) is 6.42. The van der Waals surface area contributed by atoms with Crippen LogP contribution < -0.4 is 10.6 Å². The van der Waals surface area contributed by atoms with Gasteiger partial charge in [0.2, 0.25) is 5.91 Å². The van der Waals surface area contributed by atoms with Crippen LogP contribution in [0.2, 0.25) is 0 Å². The lowest BCUT2D eigenvalue weighted by Gasteiger charge is -2.15. The second kappa shape index (κ2) is 8.30. The van der Waals surface area contributed by atoms with Gasteiger partial charge in [0.25, 0.3) is 0 Å². The molecule has 2 aromatic carbocycles. The van der Waals surface area contributed by atoms with Crippen LogP contribution in [0.15, 0.2) is 72.9 Å². The van der Waals surface area contributed by atoms with Gasteiger partial charge in [0.15, 0.2) is 0 Å². The Morgan fingerprint density at radius 3 is 2.38 bits per heavy atom. The molecule has 0 spiro atoms. The lowest BCUT2D eigenvalue weighted by molar-refractivity contribution is -0.115. The molecule has 132 valence electrons. The minimum Gasteiger partial charge on any atom is -0.377 e. The molecule has 0 saturated heterocycles. The Morgan fingerprint density at radius 1 is 1.00 bits per heavy atom. The zero-order valence-electron chi connectivity index (χ0n) is 15.1. The number of pyridine rings is 1. The van der Waals surface area contributed by atoms with Gasteiger partial charge in [0.1, 0.15) is 5.82 Å². The maximum Gasteiger partial charge on any atom is 0.229 e. The van der Waals surface area contributed by atoms with Crippen LogP contribution in [0.25, 0.3) is 0 Å². The van der Waals surface area contributed by atoms with E-state index in [1.165, 1.54) is 11.1 Å². The fraction of sp³-hybridized carbons (Fsp3) is 0.182. The number of anilines is 2. The largest absolute Gasteiger partial charge is 0.377 e. The Hall–Kier alpha value is -3.14. The first-order valence-electron chi connectivity index (χ1n) is 8.73. The summed E-state index contributed by atoms with van der Waals surface area (Å²) in [6.07, 6.45) is 2.08. The Labute approximate surface area is 154 Å². The van der Waals surface area contributed by atoms with Crippen LogP contribution in [0.1, 0.15) is 29.7 Å². The van der Waals surface area contributed by atoms with E-state index >= 15 is 0 Å². The zero-order valence-corrected chi connectivity index (χ0v) is 15.1. The van der Waals surface area contributed by atoms with E-state index in [2.05, 4.69) is 34.7 Å². The third-order valence-corrected chi connectivity index (χ3v) is 4.20. The van der Waals surface area contributed by atoms with Crippen LogP contribution >= 0.6 is 0 Å². The molecule has 0 aliphatic rings. The van der Waals surface area contributed by atoms with Crippen LogP contribution in [-0.4, -0.2) is 10.9 Å². The number of aromatic nitrogens is 1. The number of amides is 1. The number of carbonyl (C=O) groups is 1. The Balaban J connectivity index is 1.55. The van der Waals surface area contributed by atoms with Crippen molar-refractivity contribution >= 4 is 17.4 Å². The highest BCUT2D eigenvalue weighted by Gasteiger charge is 2.07. The van der Waals surface area contributed by atoms with Crippen molar-refractivity contribution in [1.29, 1.82) is 0 Å². The number of nitrogens with one attached hydrogen (secondary N) is 2. The Kier molecular flexibility index (Phi) is 5.64. The molecule has 1 amide bonds. The monoisotopic (exact) mass is 345 g/mol. The molecule has 1 unspecified atom stereocenters. The summed E-state index contributed by atoms with van der Waals surface area (Å²) in [5.41, 5.74) is 4.30. The van der Waals surface area contributed by atoms with Crippen LogP contribution in [0.5, 0.6) is 0 Å². The molecular weight excluding hydrogens is 322 g/mol. The van der Waals surface area contributed by atoms with Crippen LogP contribution in [0.3, 0.4) is 0 Å². The normalized spacial score (nSPS) is 11.6. The molecule has 0 fully saturated rings. The lowest BCUT2D eigenvalue weighted by atomic mass is 10.1. The average Bonchev–Trinajstić information content (AvgIpc) is 2.66. The first-order chi connectivity index (χ1) is 12.6. The SMILES string of the molecule is Cc1ccc(CC(=O)Nc2ccc(NC(C)c3ccccc3)cn2)cc1. The van der Waals surface area contributed by atoms with E-state index in [1.54, 1.807) is 6.20 Å². The summed E-state index contributed by atoms with van der Waals surface area (Å²) in [6.45, 7) is 4.13. The summed E-state index contributed by atoms with van der Waals surface area (Å²) in [7, 11) is 0. The molecule has 0 saturated carbocycles. The molecule has 26 heavy (non-hydrogen) atoms. The molecule has 1 aromatic heterocycles. The summed E-state index contributed by atoms with van der Waals surface area (Å²) in [5.74, 6) is 0.486. The van der Waals surface area contributed by atoms with E-state index in [-0.39, 0.29) is 11.9 Å². The van der Waals surface area contributed by atoms with Gasteiger partial charge < -0.3 is 10.6 Å². The Bertz CT molecular complexity index is 843. The van der Waals surface area contributed by atoms with Crippen molar-refractivity contribution in [1.82, 2.24) is 4.98 Å². The van der Waals surface area contributed by atoms with Gasteiger partial charge in [-0.25, -0.2) is 4.98 Å². The molecule has 0 bridgehead atoms. The highest BCUT2D eigenvalue weighted by molar-refractivity contribution is 5.91. The third kappa shape index (κ3) is 4.93. The maximum absolute atomic E-state index is 12.1. The smallest absolute Gasteiger partial charge is 0.229 e. The molecule has 4 nitrogen and oxygen atoms in total. The molecule has 4 heteroatoms. The number of carbonyl (C=O) groups excluding carboxylic acids is 1. The number of nitrogens with zero attached hydrogens (tertiary/aromatic N) is 1. The van der Waals surface area contributed by atoms with Crippen molar-refractivity contribution in [3.63, 3.8) is 0 Å². The first kappa shape index (κ1) is 17.7. The van der Waals surface area contributed by atoms with E-state index in [0.717, 1.165) is 11.3 Å². The lowest BCUT2D eigenvalue weighted by Crippen LogP contribution is -2.15. The van der Waals surface area contributed by atoms with Crippen molar-refractivity contribution in [3.05, 3.63) is 89.6 Å². The van der Waals surface area contributed by atoms with Crippen molar-refractivity contribution < 1.29 is 4.79 Å². The van der Waals surface area contributed by atoms with Crippen molar-refractivity contribution in [2.75, 3.05) is 10.6 Å². The average molecular weight is 345 g/mol. The van der Waals surface area contributed by atoms with Crippen LogP contribution in [0, 0.1) is 6.92 Å². The van der Waals surface area contributed by atoms with Crippen molar-refractivity contribution in [3.8, 4) is 0 Å². The van der Waals surface area contributed by atoms with Gasteiger partial charge in [-0.15, -0.1) is 0 Å². The summed E-state index contributed by atoms with van der Waals surface area (Å²) in [6, 6.07) is 22.1. The zero-order chi connectivity index (χ0) is 18.4. The number of hydrogen-bond acceptors (Lipinski definition) is 3. The maximum atomic E-state index is 12.1. The van der Waals surface area contributed by atoms with Crippen LogP contribution in [-0.2, 0) is 11.2 Å². The predicted molar refractivity (Wildman–Crippen MR) is 106 cm³/mol. The van der Waals surface area contributed by atoms with E-state index in [4.69, 9.17) is 0 Å². The predicted octanol–water partition coefficient (Wildman–Crippen LogP) is 4.74. The summed E-state index contributed by atoms with van der Waals surface area (Å²) >= 11 is 0. The topological polar surface area (TPSA) is 54.0 Å². The summed E-state index contributed by atoms with van der Waals surface area (Å²) < 4.78 is 0. The molecule has 2 N–H and O–H groups in total. The highest BCUT2D eigenvalue weighted by Crippen LogP contribution is 2.19. The van der Waals surface area contributed by atoms with Gasteiger partial charge in [-0.05, 0) is 37.1 Å². The van der Waals surface area contributed by atoms with Crippen LogP contribution in [0.4, 0.5) is 11.5 Å². The minimum absolute atomic E-state index is 0.0697. The standard InChI is InChI=1S/C22H23N3O/c1-16-8-10-18(11-9-16)14-22(26)25-21-13-12-20(15-23-21)24-17(2)19-6-4-3-5-7-19/h3-13,15,17,24H,14H2,1-2H3,(H,23,25,26). The van der Waals surface area contributed by atoms with Gasteiger partial charge >= 0.3 is 0 Å². The third-order valence-electron chi connectivity index (χ3n) is 4.20. The summed E-state index contributed by atoms with van der Waals surface area (Å²) in [5, 5.41) is 6.25. The van der Waals surface area contributed by atoms with Gasteiger partial charge in [0.05, 0.1) is 18.3 Å². The molecule has 3 aromatic rings. The summed E-state index contributed by atoms with van der Waals surface area (Å²) in [4.78, 5) is 16.5. The fourth-order valence-electron chi connectivity index (χ4n) is 2.71. The van der Waals surface area contributed by atoms with Crippen molar-refractivity contribution in [2.24, 2.45) is 0 Å². The van der Waals surface area contributed by atoms with Gasteiger partial charge in [-0.2, -0.15) is 0 Å². The number of hydrogen-bond donors (Lipinski definition) is 2. The van der Waals surface area contributed by atoms with E-state index in [1.807, 2.05) is 61.5 Å². The molecule has 1 heterocycles. The molecule has 0 radical (unpaired) electrons. The highest BCUT2D eigenvalue weighted by atomic mass is 16.1. The fourth-order valence-corrected chi connectivity index (χ4v) is 2.71. The van der Waals surface area contributed by atoms with E-state index in [9.17, 15) is 4.79 Å². The minimum atomic E-state index is -0.0697. The van der Waals surface area contributed by atoms with Gasteiger partial charge in [0, 0.05) is 6.04 Å². The van der Waals surface area contributed by atoms with E-state index in [0.29, 0.717) is 12.2 Å². The molecule has 1 atom stereocenters. The quantitative estimate of drug-likeness (QED) is 0.678. The van der Waals surface area contributed by atoms with Gasteiger partial charge in [-0.1, -0.05) is 60.2 Å². The first-order valence-corrected chi connectivity index (χ1v) is 8.73. The molecule has 0 aliphatic carbocycles. The molecule has 0 aliphatic heterocycles. The Morgan fingerprint density at radius 2 is 1.73 bits per heavy atom. The number of rotatable bonds is 6. The van der Waals surface area contributed by atoms with Gasteiger partial charge in [-0.3, -0.25) is 4.79 Å². The number of aryl methyl sites for hydroxylation is 1. The van der Waals surface area contributed by atoms with E-state index < -0.39 is 0 Å². The molecular formula is C22H23N3O. The van der Waals surface area contributed by atoms with Crippen molar-refractivity contribution in [2.45, 2.75) is 26.3 Å². The second-order valence-electron chi connectivity index (χ2n) is 6.42. The molecule has 3 rings (SSSR count). The number of benzene rings is 2.